The normalized spacial score (nSPS) is 10.1. The quantitative estimate of drug-likeness (QED) is 0.772. The van der Waals surface area contributed by atoms with Crippen LogP contribution in [0.25, 0.3) is 5.69 Å². The Morgan fingerprint density at radius 3 is 2.87 bits per heavy atom. The van der Waals surface area contributed by atoms with Crippen LogP contribution in [0.4, 0.5) is 0 Å². The summed E-state index contributed by atoms with van der Waals surface area (Å²) in [6.07, 6.45) is 2.64. The number of hydrogen-bond donors (Lipinski definition) is 2. The van der Waals surface area contributed by atoms with Gasteiger partial charge in [0.1, 0.15) is 5.75 Å². The van der Waals surface area contributed by atoms with Crippen LogP contribution in [0.15, 0.2) is 36.8 Å². The number of aromatic nitrogens is 2. The number of aromatic hydroxyl groups is 1. The fourth-order valence-electron chi connectivity index (χ4n) is 1.30. The second-order valence-electron chi connectivity index (χ2n) is 2.97. The summed E-state index contributed by atoms with van der Waals surface area (Å²) in [5.74, 6) is -0.978. The van der Waals surface area contributed by atoms with Gasteiger partial charge >= 0.3 is 5.97 Å². The molecule has 0 bridgehead atoms. The highest BCUT2D eigenvalue weighted by atomic mass is 16.4. The summed E-state index contributed by atoms with van der Waals surface area (Å²) < 4.78 is 1.39. The van der Waals surface area contributed by atoms with Gasteiger partial charge in [-0.05, 0) is 12.1 Å². The molecular formula is C10H8N2O3. The molecule has 0 unspecified atom stereocenters. The van der Waals surface area contributed by atoms with Gasteiger partial charge in [-0.2, -0.15) is 0 Å². The molecule has 0 atom stereocenters. The molecular weight excluding hydrogens is 196 g/mol. The fourth-order valence-corrected chi connectivity index (χ4v) is 1.30. The Bertz CT molecular complexity index is 505. The number of imidazole rings is 1. The summed E-state index contributed by atoms with van der Waals surface area (Å²) in [6, 6.07) is 6.30. The maximum Gasteiger partial charge on any atom is 0.354 e. The Hall–Kier alpha value is -2.30. The topological polar surface area (TPSA) is 75.3 Å². The third-order valence-corrected chi connectivity index (χ3v) is 1.97. The summed E-state index contributed by atoms with van der Waals surface area (Å²) >= 11 is 0. The van der Waals surface area contributed by atoms with Crippen LogP contribution in [0, 0.1) is 0 Å². The van der Waals surface area contributed by atoms with E-state index in [0.717, 1.165) is 0 Å². The number of nitrogens with zero attached hydrogens (tertiary/aromatic N) is 2. The molecule has 5 nitrogen and oxygen atoms in total. The Balaban J connectivity index is 2.54. The summed E-state index contributed by atoms with van der Waals surface area (Å²) in [4.78, 5) is 14.6. The van der Waals surface area contributed by atoms with Crippen molar-refractivity contribution in [2.45, 2.75) is 0 Å². The number of carbonyl (C=O) groups is 1. The van der Waals surface area contributed by atoms with E-state index in [9.17, 15) is 9.90 Å². The van der Waals surface area contributed by atoms with E-state index in [1.165, 1.54) is 29.2 Å². The Kier molecular flexibility index (Phi) is 2.13. The van der Waals surface area contributed by atoms with E-state index in [2.05, 4.69) is 4.98 Å². The van der Waals surface area contributed by atoms with Crippen molar-refractivity contribution in [1.82, 2.24) is 9.55 Å². The summed E-state index contributed by atoms with van der Waals surface area (Å²) in [6.45, 7) is 0. The highest BCUT2D eigenvalue weighted by molar-refractivity contribution is 5.86. The van der Waals surface area contributed by atoms with E-state index >= 15 is 0 Å². The molecule has 0 saturated heterocycles. The van der Waals surface area contributed by atoms with Gasteiger partial charge in [-0.15, -0.1) is 0 Å². The van der Waals surface area contributed by atoms with E-state index in [4.69, 9.17) is 5.11 Å². The van der Waals surface area contributed by atoms with Crippen LogP contribution < -0.4 is 0 Å². The lowest BCUT2D eigenvalue weighted by Crippen LogP contribution is -2.05. The zero-order chi connectivity index (χ0) is 10.8. The minimum Gasteiger partial charge on any atom is -0.508 e. The van der Waals surface area contributed by atoms with E-state index in [1.54, 1.807) is 12.1 Å². The van der Waals surface area contributed by atoms with Crippen LogP contribution in [-0.2, 0) is 0 Å². The SMILES string of the molecule is O=C(O)c1cncn1-c1cccc(O)c1. The number of carboxylic acid groups (broad SMARTS) is 1. The van der Waals surface area contributed by atoms with Crippen LogP contribution in [0.1, 0.15) is 10.5 Å². The molecule has 76 valence electrons. The summed E-state index contributed by atoms with van der Waals surface area (Å²) in [5, 5.41) is 18.1. The Labute approximate surface area is 85.2 Å². The lowest BCUT2D eigenvalue weighted by Gasteiger charge is -2.04. The van der Waals surface area contributed by atoms with E-state index in [0.29, 0.717) is 5.69 Å². The van der Waals surface area contributed by atoms with Crippen LogP contribution in [0.3, 0.4) is 0 Å². The summed E-state index contributed by atoms with van der Waals surface area (Å²) in [5.41, 5.74) is 0.616. The molecule has 2 N–H and O–H groups in total. The van der Waals surface area contributed by atoms with Gasteiger partial charge in [-0.1, -0.05) is 6.07 Å². The number of aromatic carboxylic acids is 1. The van der Waals surface area contributed by atoms with Crippen LogP contribution in [-0.4, -0.2) is 25.7 Å². The van der Waals surface area contributed by atoms with E-state index in [-0.39, 0.29) is 11.4 Å². The lowest BCUT2D eigenvalue weighted by molar-refractivity contribution is 0.0688. The van der Waals surface area contributed by atoms with Crippen molar-refractivity contribution >= 4 is 5.97 Å². The van der Waals surface area contributed by atoms with Gasteiger partial charge in [0.2, 0.25) is 0 Å². The molecule has 1 aromatic carbocycles. The molecule has 0 spiro atoms. The van der Waals surface area contributed by atoms with Gasteiger partial charge < -0.3 is 10.2 Å². The van der Waals surface area contributed by atoms with Crippen LogP contribution >= 0.6 is 0 Å². The van der Waals surface area contributed by atoms with Crippen molar-refractivity contribution in [2.24, 2.45) is 0 Å². The highest BCUT2D eigenvalue weighted by Gasteiger charge is 2.10. The third kappa shape index (κ3) is 1.67. The average molecular weight is 204 g/mol. The zero-order valence-corrected chi connectivity index (χ0v) is 7.66. The van der Waals surface area contributed by atoms with Crippen LogP contribution in [0.2, 0.25) is 0 Å². The smallest absolute Gasteiger partial charge is 0.354 e. The largest absolute Gasteiger partial charge is 0.508 e. The van der Waals surface area contributed by atoms with Crippen molar-refractivity contribution in [3.8, 4) is 11.4 Å². The molecule has 0 aliphatic rings. The predicted octanol–water partition coefficient (Wildman–Crippen LogP) is 1.28. The first-order valence-electron chi connectivity index (χ1n) is 4.23. The maximum absolute atomic E-state index is 10.8. The van der Waals surface area contributed by atoms with Crippen molar-refractivity contribution in [3.05, 3.63) is 42.5 Å². The number of phenols is 1. The molecule has 0 aliphatic heterocycles. The predicted molar refractivity (Wildman–Crippen MR) is 52.2 cm³/mol. The molecule has 1 heterocycles. The highest BCUT2D eigenvalue weighted by Crippen LogP contribution is 2.16. The third-order valence-electron chi connectivity index (χ3n) is 1.97. The van der Waals surface area contributed by atoms with Gasteiger partial charge in [0.15, 0.2) is 5.69 Å². The molecule has 1 aromatic heterocycles. The van der Waals surface area contributed by atoms with Crippen molar-refractivity contribution in [1.29, 1.82) is 0 Å². The van der Waals surface area contributed by atoms with Gasteiger partial charge in [-0.25, -0.2) is 9.78 Å². The minimum atomic E-state index is -1.06. The number of phenolic OH excluding ortho intramolecular Hbond substituents is 1. The Morgan fingerprint density at radius 1 is 1.40 bits per heavy atom. The Morgan fingerprint density at radius 2 is 2.20 bits per heavy atom. The first kappa shape index (κ1) is 9.26. The second kappa shape index (κ2) is 3.45. The number of rotatable bonds is 2. The van der Waals surface area contributed by atoms with Crippen molar-refractivity contribution in [2.75, 3.05) is 0 Å². The molecule has 0 radical (unpaired) electrons. The zero-order valence-electron chi connectivity index (χ0n) is 7.66. The minimum absolute atomic E-state index is 0.0561. The van der Waals surface area contributed by atoms with E-state index < -0.39 is 5.97 Å². The number of carboxylic acids is 1. The molecule has 0 saturated carbocycles. The number of benzene rings is 1. The average Bonchev–Trinajstić information content (AvgIpc) is 2.65. The molecule has 2 rings (SSSR count). The van der Waals surface area contributed by atoms with Crippen molar-refractivity contribution < 1.29 is 15.0 Å². The standard InChI is InChI=1S/C10H8N2O3/c13-8-3-1-2-7(4-8)12-6-11-5-9(12)10(14)15/h1-6,13H,(H,14,15). The summed E-state index contributed by atoms with van der Waals surface area (Å²) in [7, 11) is 0. The fraction of sp³-hybridized carbons (Fsp3) is 0. The van der Waals surface area contributed by atoms with Crippen LogP contribution in [0.5, 0.6) is 5.75 Å². The second-order valence-corrected chi connectivity index (χ2v) is 2.97. The molecule has 5 heteroatoms. The van der Waals surface area contributed by atoms with Gasteiger partial charge in [0.25, 0.3) is 0 Å². The first-order chi connectivity index (χ1) is 7.18. The monoisotopic (exact) mass is 204 g/mol. The molecule has 15 heavy (non-hydrogen) atoms. The molecule has 2 aromatic rings. The molecule has 0 amide bonds. The van der Waals surface area contributed by atoms with Gasteiger partial charge in [0, 0.05) is 6.07 Å². The molecule has 0 fully saturated rings. The molecule has 0 aliphatic carbocycles. The van der Waals surface area contributed by atoms with E-state index in [1.807, 2.05) is 0 Å². The first-order valence-corrected chi connectivity index (χ1v) is 4.23. The van der Waals surface area contributed by atoms with Gasteiger partial charge in [-0.3, -0.25) is 4.57 Å². The van der Waals surface area contributed by atoms with Crippen molar-refractivity contribution in [3.63, 3.8) is 0 Å². The maximum atomic E-state index is 10.8. The lowest BCUT2D eigenvalue weighted by atomic mass is 10.3. The van der Waals surface area contributed by atoms with Gasteiger partial charge in [0.05, 0.1) is 18.2 Å². The number of hydrogen-bond acceptors (Lipinski definition) is 3.